The van der Waals surface area contributed by atoms with Gasteiger partial charge in [-0.05, 0) is 43.1 Å². The second kappa shape index (κ2) is 4.14. The molecule has 3 nitrogen and oxygen atoms in total. The van der Waals surface area contributed by atoms with Crippen molar-refractivity contribution in [3.63, 3.8) is 0 Å². The van der Waals surface area contributed by atoms with Gasteiger partial charge in [-0.25, -0.2) is 12.8 Å². The quantitative estimate of drug-likeness (QED) is 0.859. The first-order chi connectivity index (χ1) is 7.47. The van der Waals surface area contributed by atoms with E-state index in [1.807, 2.05) is 0 Å². The zero-order chi connectivity index (χ0) is 11.8. The van der Waals surface area contributed by atoms with Gasteiger partial charge in [0.1, 0.15) is 5.82 Å². The molecule has 1 fully saturated rings. The van der Waals surface area contributed by atoms with E-state index in [4.69, 9.17) is 0 Å². The van der Waals surface area contributed by atoms with Gasteiger partial charge < -0.3 is 5.32 Å². The minimum absolute atomic E-state index is 0.0520. The van der Waals surface area contributed by atoms with Gasteiger partial charge >= 0.3 is 0 Å². The van der Waals surface area contributed by atoms with Crippen molar-refractivity contribution in [2.75, 3.05) is 12.8 Å². The monoisotopic (exact) mass is 243 g/mol. The van der Waals surface area contributed by atoms with Crippen LogP contribution in [0.1, 0.15) is 24.4 Å². The molecule has 16 heavy (non-hydrogen) atoms. The minimum Gasteiger partial charge on any atom is -0.310 e. The van der Waals surface area contributed by atoms with Gasteiger partial charge in [-0.2, -0.15) is 0 Å². The van der Waals surface area contributed by atoms with Gasteiger partial charge in [0.2, 0.25) is 0 Å². The van der Waals surface area contributed by atoms with Crippen molar-refractivity contribution in [1.29, 1.82) is 0 Å². The second-order valence-electron chi connectivity index (χ2n) is 4.14. The fraction of sp³-hybridized carbons (Fsp3) is 0.455. The fourth-order valence-electron chi connectivity index (χ4n) is 1.97. The van der Waals surface area contributed by atoms with Crippen LogP contribution in [0.2, 0.25) is 0 Å². The van der Waals surface area contributed by atoms with Crippen molar-refractivity contribution in [3.05, 3.63) is 29.6 Å². The van der Waals surface area contributed by atoms with E-state index in [0.29, 0.717) is 0 Å². The third-order valence-corrected chi connectivity index (χ3v) is 3.88. The molecule has 1 atom stereocenters. The van der Waals surface area contributed by atoms with E-state index in [1.165, 1.54) is 6.07 Å². The third-order valence-electron chi connectivity index (χ3n) is 2.78. The van der Waals surface area contributed by atoms with Crippen LogP contribution in [0.5, 0.6) is 0 Å². The standard InChI is InChI=1S/C11H14FNO2S/c1-16(14,15)10-6-8(5-9(12)7-10)11-3-2-4-13-11/h5-7,11,13H,2-4H2,1H3. The highest BCUT2D eigenvalue weighted by Gasteiger charge is 2.19. The number of hydrogen-bond acceptors (Lipinski definition) is 3. The van der Waals surface area contributed by atoms with E-state index >= 15 is 0 Å². The maximum Gasteiger partial charge on any atom is 0.175 e. The zero-order valence-corrected chi connectivity index (χ0v) is 9.85. The highest BCUT2D eigenvalue weighted by molar-refractivity contribution is 7.90. The lowest BCUT2D eigenvalue weighted by Crippen LogP contribution is -2.13. The molecule has 1 aliphatic heterocycles. The van der Waals surface area contributed by atoms with E-state index in [1.54, 1.807) is 6.07 Å². The molecule has 1 aromatic rings. The summed E-state index contributed by atoms with van der Waals surface area (Å²) >= 11 is 0. The predicted molar refractivity (Wildman–Crippen MR) is 59.5 cm³/mol. The Balaban J connectivity index is 2.43. The molecule has 1 heterocycles. The molecule has 1 N–H and O–H groups in total. The minimum atomic E-state index is -3.35. The number of nitrogens with one attached hydrogen (secondary N) is 1. The Bertz CT molecular complexity index is 493. The number of benzene rings is 1. The van der Waals surface area contributed by atoms with E-state index < -0.39 is 15.7 Å². The van der Waals surface area contributed by atoms with Gasteiger partial charge in [-0.1, -0.05) is 0 Å². The average molecular weight is 243 g/mol. The van der Waals surface area contributed by atoms with Gasteiger partial charge in [-0.3, -0.25) is 0 Å². The summed E-state index contributed by atoms with van der Waals surface area (Å²) < 4.78 is 36.0. The summed E-state index contributed by atoms with van der Waals surface area (Å²) in [4.78, 5) is 0.0520. The smallest absolute Gasteiger partial charge is 0.175 e. The highest BCUT2D eigenvalue weighted by atomic mass is 32.2. The van der Waals surface area contributed by atoms with Crippen LogP contribution in [-0.4, -0.2) is 21.2 Å². The van der Waals surface area contributed by atoms with Gasteiger partial charge in [-0.15, -0.1) is 0 Å². The molecule has 0 bridgehead atoms. The molecule has 0 radical (unpaired) electrons. The Labute approximate surface area is 94.6 Å². The van der Waals surface area contributed by atoms with Crippen LogP contribution in [0, 0.1) is 5.82 Å². The van der Waals surface area contributed by atoms with Gasteiger partial charge in [0.15, 0.2) is 9.84 Å². The van der Waals surface area contributed by atoms with Crippen LogP contribution in [0.4, 0.5) is 4.39 Å². The van der Waals surface area contributed by atoms with Crippen molar-refractivity contribution >= 4 is 9.84 Å². The summed E-state index contributed by atoms with van der Waals surface area (Å²) in [7, 11) is -3.35. The topological polar surface area (TPSA) is 46.2 Å². The third kappa shape index (κ3) is 2.41. The SMILES string of the molecule is CS(=O)(=O)c1cc(F)cc(C2CCCN2)c1. The van der Waals surface area contributed by atoms with Crippen molar-refractivity contribution in [2.24, 2.45) is 0 Å². The molecule has 0 saturated carbocycles. The lowest BCUT2D eigenvalue weighted by Gasteiger charge is -2.12. The first-order valence-electron chi connectivity index (χ1n) is 5.21. The molecule has 0 aromatic heterocycles. The number of sulfone groups is 1. The maximum absolute atomic E-state index is 13.3. The summed E-state index contributed by atoms with van der Waals surface area (Å²) in [6.07, 6.45) is 3.05. The van der Waals surface area contributed by atoms with Crippen molar-refractivity contribution in [3.8, 4) is 0 Å². The summed E-state index contributed by atoms with van der Waals surface area (Å²) in [5.74, 6) is -0.494. The lowest BCUT2D eigenvalue weighted by atomic mass is 10.1. The molecule has 0 amide bonds. The summed E-state index contributed by atoms with van der Waals surface area (Å²) in [5.41, 5.74) is 0.720. The molecule has 1 aliphatic rings. The predicted octanol–water partition coefficient (Wildman–Crippen LogP) is 1.65. The van der Waals surface area contributed by atoms with Gasteiger partial charge in [0.25, 0.3) is 0 Å². The Hall–Kier alpha value is -0.940. The molecule has 1 saturated heterocycles. The van der Waals surface area contributed by atoms with E-state index in [9.17, 15) is 12.8 Å². The van der Waals surface area contributed by atoms with E-state index in [-0.39, 0.29) is 10.9 Å². The molecule has 0 aliphatic carbocycles. The van der Waals surface area contributed by atoms with Crippen LogP contribution in [-0.2, 0) is 9.84 Å². The first-order valence-corrected chi connectivity index (χ1v) is 7.10. The van der Waals surface area contributed by atoms with E-state index in [0.717, 1.165) is 37.3 Å². The largest absolute Gasteiger partial charge is 0.310 e. The Morgan fingerprint density at radius 3 is 2.69 bits per heavy atom. The van der Waals surface area contributed by atoms with Crippen molar-refractivity contribution < 1.29 is 12.8 Å². The molecule has 2 rings (SSSR count). The molecule has 1 aromatic carbocycles. The van der Waals surface area contributed by atoms with Crippen LogP contribution in [0.15, 0.2) is 23.1 Å². The highest BCUT2D eigenvalue weighted by Crippen LogP contribution is 2.26. The van der Waals surface area contributed by atoms with Crippen molar-refractivity contribution in [2.45, 2.75) is 23.8 Å². The molecule has 1 unspecified atom stereocenters. The van der Waals surface area contributed by atoms with E-state index in [2.05, 4.69) is 5.32 Å². The number of halogens is 1. The summed E-state index contributed by atoms with van der Waals surface area (Å²) in [5, 5.41) is 3.22. The van der Waals surface area contributed by atoms with Crippen LogP contribution < -0.4 is 5.32 Å². The molecule has 0 spiro atoms. The molecule has 88 valence electrons. The Morgan fingerprint density at radius 1 is 1.38 bits per heavy atom. The van der Waals surface area contributed by atoms with Gasteiger partial charge in [0.05, 0.1) is 4.90 Å². The normalized spacial score (nSPS) is 21.2. The second-order valence-corrected chi connectivity index (χ2v) is 6.16. The Morgan fingerprint density at radius 2 is 2.12 bits per heavy atom. The van der Waals surface area contributed by atoms with Gasteiger partial charge in [0, 0.05) is 12.3 Å². The lowest BCUT2D eigenvalue weighted by molar-refractivity contribution is 0.587. The molecular formula is C11H14FNO2S. The average Bonchev–Trinajstić information content (AvgIpc) is 2.68. The number of hydrogen-bond donors (Lipinski definition) is 1. The molecule has 5 heteroatoms. The summed E-state index contributed by atoms with van der Waals surface area (Å²) in [6.45, 7) is 0.898. The van der Waals surface area contributed by atoms with Crippen LogP contribution in [0.3, 0.4) is 0 Å². The van der Waals surface area contributed by atoms with Crippen LogP contribution >= 0.6 is 0 Å². The maximum atomic E-state index is 13.3. The van der Waals surface area contributed by atoms with Crippen LogP contribution in [0.25, 0.3) is 0 Å². The Kier molecular flexibility index (Phi) is 2.99. The zero-order valence-electron chi connectivity index (χ0n) is 9.03. The summed E-state index contributed by atoms with van der Waals surface area (Å²) in [6, 6.07) is 4.10. The molecular weight excluding hydrogens is 229 g/mol. The van der Waals surface area contributed by atoms with Crippen molar-refractivity contribution in [1.82, 2.24) is 5.32 Å². The first kappa shape index (κ1) is 11.5. The number of rotatable bonds is 2. The fourth-order valence-corrected chi connectivity index (χ4v) is 2.65.